The van der Waals surface area contributed by atoms with Crippen molar-refractivity contribution in [2.24, 2.45) is 5.92 Å². The van der Waals surface area contributed by atoms with Crippen LogP contribution in [-0.2, 0) is 6.54 Å². The number of hydrogen-bond donors (Lipinski definition) is 1. The SMILES string of the molecule is CCC1CN(CC2CCNCC2)CCN1Cc1ccccc1. The van der Waals surface area contributed by atoms with Crippen molar-refractivity contribution < 1.29 is 0 Å². The summed E-state index contributed by atoms with van der Waals surface area (Å²) in [7, 11) is 0. The summed E-state index contributed by atoms with van der Waals surface area (Å²) in [4.78, 5) is 5.42. The molecule has 0 saturated carbocycles. The Bertz CT molecular complexity index is 428. The van der Waals surface area contributed by atoms with Gasteiger partial charge in [0.05, 0.1) is 0 Å². The fraction of sp³-hybridized carbons (Fsp3) is 0.684. The molecular formula is C19H31N3. The zero-order valence-corrected chi connectivity index (χ0v) is 14.0. The summed E-state index contributed by atoms with van der Waals surface area (Å²) >= 11 is 0. The van der Waals surface area contributed by atoms with E-state index in [1.54, 1.807) is 0 Å². The van der Waals surface area contributed by atoms with E-state index in [1.807, 2.05) is 0 Å². The predicted molar refractivity (Wildman–Crippen MR) is 93.0 cm³/mol. The van der Waals surface area contributed by atoms with Gasteiger partial charge in [0.2, 0.25) is 0 Å². The topological polar surface area (TPSA) is 18.5 Å². The van der Waals surface area contributed by atoms with E-state index in [1.165, 1.54) is 64.1 Å². The van der Waals surface area contributed by atoms with Gasteiger partial charge in [0.1, 0.15) is 0 Å². The van der Waals surface area contributed by atoms with Gasteiger partial charge < -0.3 is 10.2 Å². The molecule has 1 unspecified atom stereocenters. The first-order valence-corrected chi connectivity index (χ1v) is 9.06. The Morgan fingerprint density at radius 3 is 2.59 bits per heavy atom. The molecule has 2 aliphatic heterocycles. The summed E-state index contributed by atoms with van der Waals surface area (Å²) in [5.41, 5.74) is 1.45. The summed E-state index contributed by atoms with van der Waals surface area (Å²) in [6, 6.07) is 11.7. The summed E-state index contributed by atoms with van der Waals surface area (Å²) in [5.74, 6) is 0.916. The van der Waals surface area contributed by atoms with Crippen molar-refractivity contribution in [1.82, 2.24) is 15.1 Å². The molecule has 2 aliphatic rings. The average Bonchev–Trinajstić information content (AvgIpc) is 2.58. The first kappa shape index (κ1) is 16.0. The Kier molecular flexibility index (Phi) is 5.88. The number of piperazine rings is 1. The number of piperidine rings is 1. The highest BCUT2D eigenvalue weighted by atomic mass is 15.3. The van der Waals surface area contributed by atoms with E-state index in [0.717, 1.165) is 18.5 Å². The Hall–Kier alpha value is -0.900. The van der Waals surface area contributed by atoms with Crippen LogP contribution in [0.15, 0.2) is 30.3 Å². The minimum absolute atomic E-state index is 0.718. The molecule has 2 heterocycles. The molecule has 1 atom stereocenters. The lowest BCUT2D eigenvalue weighted by atomic mass is 9.96. The van der Waals surface area contributed by atoms with Crippen LogP contribution in [0, 0.1) is 5.92 Å². The lowest BCUT2D eigenvalue weighted by molar-refractivity contribution is 0.0540. The van der Waals surface area contributed by atoms with E-state index in [0.29, 0.717) is 0 Å². The smallest absolute Gasteiger partial charge is 0.0237 e. The van der Waals surface area contributed by atoms with E-state index < -0.39 is 0 Å². The third-order valence-electron chi connectivity index (χ3n) is 5.36. The molecule has 0 bridgehead atoms. The van der Waals surface area contributed by atoms with E-state index in [4.69, 9.17) is 0 Å². The number of nitrogens with zero attached hydrogens (tertiary/aromatic N) is 2. The molecule has 3 nitrogen and oxygen atoms in total. The van der Waals surface area contributed by atoms with E-state index in [9.17, 15) is 0 Å². The monoisotopic (exact) mass is 301 g/mol. The number of benzene rings is 1. The van der Waals surface area contributed by atoms with Gasteiger partial charge in [-0.1, -0.05) is 37.3 Å². The molecule has 2 saturated heterocycles. The highest BCUT2D eigenvalue weighted by molar-refractivity contribution is 5.14. The third-order valence-corrected chi connectivity index (χ3v) is 5.36. The molecule has 122 valence electrons. The molecular weight excluding hydrogens is 270 g/mol. The molecule has 0 radical (unpaired) electrons. The maximum atomic E-state index is 3.48. The van der Waals surface area contributed by atoms with E-state index in [2.05, 4.69) is 52.4 Å². The number of hydrogen-bond acceptors (Lipinski definition) is 3. The number of nitrogens with one attached hydrogen (secondary N) is 1. The second-order valence-electron chi connectivity index (χ2n) is 6.97. The molecule has 1 N–H and O–H groups in total. The summed E-state index contributed by atoms with van der Waals surface area (Å²) < 4.78 is 0. The summed E-state index contributed by atoms with van der Waals surface area (Å²) in [5, 5.41) is 3.48. The van der Waals surface area contributed by atoms with Gasteiger partial charge in [-0.3, -0.25) is 4.90 Å². The van der Waals surface area contributed by atoms with Crippen LogP contribution in [0.4, 0.5) is 0 Å². The molecule has 0 aromatic heterocycles. The minimum atomic E-state index is 0.718. The first-order chi connectivity index (χ1) is 10.8. The highest BCUT2D eigenvalue weighted by Gasteiger charge is 2.27. The van der Waals surface area contributed by atoms with Crippen LogP contribution < -0.4 is 5.32 Å². The van der Waals surface area contributed by atoms with Gasteiger partial charge in [-0.2, -0.15) is 0 Å². The van der Waals surface area contributed by atoms with Crippen molar-refractivity contribution in [3.05, 3.63) is 35.9 Å². The maximum Gasteiger partial charge on any atom is 0.0237 e. The third kappa shape index (κ3) is 4.31. The second-order valence-corrected chi connectivity index (χ2v) is 6.97. The van der Waals surface area contributed by atoms with Gasteiger partial charge in [-0.05, 0) is 43.8 Å². The van der Waals surface area contributed by atoms with Crippen molar-refractivity contribution >= 4 is 0 Å². The van der Waals surface area contributed by atoms with Crippen LogP contribution in [0.1, 0.15) is 31.7 Å². The standard InChI is InChI=1S/C19H31N3/c1-2-19-16-21(14-18-8-10-20-11-9-18)12-13-22(19)15-17-6-4-3-5-7-17/h3-7,18-20H,2,8-16H2,1H3. The Balaban J connectivity index is 1.52. The summed E-state index contributed by atoms with van der Waals surface area (Å²) in [6.07, 6.45) is 3.98. The lowest BCUT2D eigenvalue weighted by Gasteiger charge is -2.42. The molecule has 22 heavy (non-hydrogen) atoms. The van der Waals surface area contributed by atoms with Gasteiger partial charge in [-0.25, -0.2) is 0 Å². The quantitative estimate of drug-likeness (QED) is 0.902. The fourth-order valence-corrected chi connectivity index (χ4v) is 3.97. The van der Waals surface area contributed by atoms with Crippen molar-refractivity contribution in [3.8, 4) is 0 Å². The average molecular weight is 301 g/mol. The normalized spacial score (nSPS) is 25.4. The number of rotatable bonds is 5. The van der Waals surface area contributed by atoms with Crippen LogP contribution >= 0.6 is 0 Å². The first-order valence-electron chi connectivity index (χ1n) is 9.06. The van der Waals surface area contributed by atoms with Crippen molar-refractivity contribution in [3.63, 3.8) is 0 Å². The van der Waals surface area contributed by atoms with Crippen LogP contribution in [0.3, 0.4) is 0 Å². The Labute approximate surface area is 135 Å². The molecule has 0 amide bonds. The predicted octanol–water partition coefficient (Wildman–Crippen LogP) is 2.58. The van der Waals surface area contributed by atoms with Gasteiger partial charge in [0.25, 0.3) is 0 Å². The minimum Gasteiger partial charge on any atom is -0.317 e. The van der Waals surface area contributed by atoms with Crippen molar-refractivity contribution in [2.75, 3.05) is 39.3 Å². The van der Waals surface area contributed by atoms with Gasteiger partial charge in [0, 0.05) is 38.8 Å². The largest absolute Gasteiger partial charge is 0.317 e. The zero-order chi connectivity index (χ0) is 15.2. The van der Waals surface area contributed by atoms with Crippen LogP contribution in [0.2, 0.25) is 0 Å². The lowest BCUT2D eigenvalue weighted by Crippen LogP contribution is -2.53. The van der Waals surface area contributed by atoms with Crippen LogP contribution in [0.5, 0.6) is 0 Å². The van der Waals surface area contributed by atoms with Gasteiger partial charge >= 0.3 is 0 Å². The molecule has 0 spiro atoms. The van der Waals surface area contributed by atoms with Crippen molar-refractivity contribution in [1.29, 1.82) is 0 Å². The zero-order valence-electron chi connectivity index (χ0n) is 14.0. The summed E-state index contributed by atoms with van der Waals surface area (Å²) in [6.45, 7) is 10.9. The Morgan fingerprint density at radius 1 is 1.09 bits per heavy atom. The highest BCUT2D eigenvalue weighted by Crippen LogP contribution is 2.20. The Morgan fingerprint density at radius 2 is 1.86 bits per heavy atom. The molecule has 0 aliphatic carbocycles. The molecule has 3 rings (SSSR count). The van der Waals surface area contributed by atoms with E-state index >= 15 is 0 Å². The van der Waals surface area contributed by atoms with Crippen molar-refractivity contribution in [2.45, 2.75) is 38.8 Å². The van der Waals surface area contributed by atoms with E-state index in [-0.39, 0.29) is 0 Å². The van der Waals surface area contributed by atoms with Crippen LogP contribution in [0.25, 0.3) is 0 Å². The van der Waals surface area contributed by atoms with Gasteiger partial charge in [0.15, 0.2) is 0 Å². The molecule has 1 aromatic carbocycles. The molecule has 1 aromatic rings. The molecule has 3 heteroatoms. The second kappa shape index (κ2) is 8.09. The molecule has 2 fully saturated rings. The van der Waals surface area contributed by atoms with Crippen LogP contribution in [-0.4, -0.2) is 55.1 Å². The maximum absolute atomic E-state index is 3.48. The fourth-order valence-electron chi connectivity index (χ4n) is 3.97. The van der Waals surface area contributed by atoms with Gasteiger partial charge in [-0.15, -0.1) is 0 Å².